The maximum absolute atomic E-state index is 5.88. The van der Waals surface area contributed by atoms with Gasteiger partial charge in [0, 0.05) is 0 Å². The molecule has 0 aromatic heterocycles. The van der Waals surface area contributed by atoms with Crippen molar-refractivity contribution in [2.75, 3.05) is 13.2 Å². The third kappa shape index (κ3) is 5.33. The van der Waals surface area contributed by atoms with Crippen LogP contribution in [-0.4, -0.2) is 18.8 Å². The van der Waals surface area contributed by atoms with E-state index < -0.39 is 0 Å². The molecule has 0 bridgehead atoms. The Hall–Kier alpha value is -0.860. The molecular weight excluding hydrogens is 210 g/mol. The smallest absolute Gasteiger partial charge is 0.0668 e. The minimum Gasteiger partial charge on any atom is -0.374 e. The summed E-state index contributed by atoms with van der Waals surface area (Å²) in [4.78, 5) is 0. The molecule has 0 heterocycles. The van der Waals surface area contributed by atoms with E-state index in [9.17, 15) is 0 Å². The number of likely N-dealkylation sites (N-methyl/N-ethyl adjacent to an activating group) is 1. The molecule has 0 fully saturated rings. The van der Waals surface area contributed by atoms with E-state index in [4.69, 9.17) is 4.74 Å². The molecule has 1 aromatic rings. The molecule has 2 heteroatoms. The molecule has 1 atom stereocenters. The predicted octanol–water partition coefficient (Wildman–Crippen LogP) is 3.46. The fourth-order valence-electron chi connectivity index (χ4n) is 1.74. The van der Waals surface area contributed by atoms with Crippen molar-refractivity contribution in [3.05, 3.63) is 35.4 Å². The van der Waals surface area contributed by atoms with E-state index in [1.165, 1.54) is 11.1 Å². The topological polar surface area (TPSA) is 21.3 Å². The Morgan fingerprint density at radius 1 is 1.29 bits per heavy atom. The van der Waals surface area contributed by atoms with Gasteiger partial charge < -0.3 is 10.1 Å². The summed E-state index contributed by atoms with van der Waals surface area (Å²) in [6.07, 6.45) is 0. The number of benzene rings is 1. The second-order valence-corrected chi connectivity index (χ2v) is 5.45. The summed E-state index contributed by atoms with van der Waals surface area (Å²) in [7, 11) is 0. The first-order valence-electron chi connectivity index (χ1n) is 6.36. The highest BCUT2D eigenvalue weighted by atomic mass is 16.5. The summed E-state index contributed by atoms with van der Waals surface area (Å²) in [5.41, 5.74) is 2.51. The van der Waals surface area contributed by atoms with Crippen LogP contribution >= 0.6 is 0 Å². The average molecular weight is 235 g/mol. The first-order valence-corrected chi connectivity index (χ1v) is 6.36. The van der Waals surface area contributed by atoms with E-state index in [1.54, 1.807) is 0 Å². The Kier molecular flexibility index (Phi) is 5.16. The largest absolute Gasteiger partial charge is 0.374 e. The number of nitrogens with one attached hydrogen (secondary N) is 1. The quantitative estimate of drug-likeness (QED) is 0.844. The molecule has 1 aromatic carbocycles. The number of hydrogen-bond acceptors (Lipinski definition) is 2. The highest BCUT2D eigenvalue weighted by molar-refractivity contribution is 5.25. The van der Waals surface area contributed by atoms with Crippen LogP contribution in [0.1, 0.15) is 44.9 Å². The monoisotopic (exact) mass is 235 g/mol. The Balaban J connectivity index is 2.71. The van der Waals surface area contributed by atoms with Crippen LogP contribution in [0.5, 0.6) is 0 Å². The highest BCUT2D eigenvalue weighted by Crippen LogP contribution is 2.18. The molecule has 0 aliphatic carbocycles. The minimum atomic E-state index is -0.0858. The van der Waals surface area contributed by atoms with Gasteiger partial charge in [0.05, 0.1) is 18.2 Å². The predicted molar refractivity (Wildman–Crippen MR) is 73.3 cm³/mol. The zero-order chi connectivity index (χ0) is 12.9. The van der Waals surface area contributed by atoms with Crippen molar-refractivity contribution in [2.24, 2.45) is 0 Å². The number of ether oxygens (including phenoxy) is 1. The van der Waals surface area contributed by atoms with Crippen molar-refractivity contribution in [1.82, 2.24) is 5.32 Å². The first-order chi connectivity index (χ1) is 7.92. The summed E-state index contributed by atoms with van der Waals surface area (Å²) in [5, 5.41) is 3.47. The third-order valence-electron chi connectivity index (χ3n) is 2.58. The molecule has 1 rings (SSSR count). The van der Waals surface area contributed by atoms with Gasteiger partial charge in [-0.05, 0) is 39.8 Å². The summed E-state index contributed by atoms with van der Waals surface area (Å²) in [5.74, 6) is 0. The van der Waals surface area contributed by atoms with E-state index >= 15 is 0 Å². The zero-order valence-electron chi connectivity index (χ0n) is 11.7. The Morgan fingerprint density at radius 3 is 2.53 bits per heavy atom. The van der Waals surface area contributed by atoms with Crippen LogP contribution in [0.25, 0.3) is 0 Å². The van der Waals surface area contributed by atoms with Crippen LogP contribution in [0, 0.1) is 6.92 Å². The molecule has 1 unspecified atom stereocenters. The van der Waals surface area contributed by atoms with Crippen LogP contribution in [0.15, 0.2) is 24.3 Å². The average Bonchev–Trinajstić information content (AvgIpc) is 2.23. The van der Waals surface area contributed by atoms with E-state index in [2.05, 4.69) is 64.2 Å². The summed E-state index contributed by atoms with van der Waals surface area (Å²) in [6.45, 7) is 12.2. The van der Waals surface area contributed by atoms with Crippen LogP contribution in [0.3, 0.4) is 0 Å². The van der Waals surface area contributed by atoms with E-state index in [1.807, 2.05) is 0 Å². The molecule has 0 amide bonds. The summed E-state index contributed by atoms with van der Waals surface area (Å²) < 4.78 is 5.88. The molecular formula is C15H25NO. The molecule has 0 radical (unpaired) electrons. The van der Waals surface area contributed by atoms with E-state index in [0.717, 1.165) is 6.54 Å². The molecule has 0 spiro atoms. The van der Waals surface area contributed by atoms with Crippen molar-refractivity contribution in [3.63, 3.8) is 0 Å². The van der Waals surface area contributed by atoms with Gasteiger partial charge in [0.15, 0.2) is 0 Å². The lowest BCUT2D eigenvalue weighted by atomic mass is 10.0. The van der Waals surface area contributed by atoms with Gasteiger partial charge in [-0.25, -0.2) is 0 Å². The molecule has 96 valence electrons. The van der Waals surface area contributed by atoms with Crippen molar-refractivity contribution < 1.29 is 4.74 Å². The first kappa shape index (κ1) is 14.2. The molecule has 0 aliphatic heterocycles. The Bertz CT molecular complexity index is 341. The maximum atomic E-state index is 5.88. The van der Waals surface area contributed by atoms with Crippen LogP contribution in [0.2, 0.25) is 0 Å². The normalized spacial score (nSPS) is 13.7. The van der Waals surface area contributed by atoms with Gasteiger partial charge in [-0.15, -0.1) is 0 Å². The van der Waals surface area contributed by atoms with Gasteiger partial charge in [-0.3, -0.25) is 0 Å². The Morgan fingerprint density at radius 2 is 2.00 bits per heavy atom. The minimum absolute atomic E-state index is 0.0858. The van der Waals surface area contributed by atoms with Crippen molar-refractivity contribution in [2.45, 2.75) is 46.3 Å². The number of aryl methyl sites for hydroxylation is 1. The molecule has 0 saturated carbocycles. The summed E-state index contributed by atoms with van der Waals surface area (Å²) in [6, 6.07) is 8.88. The molecule has 2 nitrogen and oxygen atoms in total. The number of rotatable bonds is 5. The fourth-order valence-corrected chi connectivity index (χ4v) is 1.74. The van der Waals surface area contributed by atoms with Gasteiger partial charge in [-0.1, -0.05) is 36.8 Å². The van der Waals surface area contributed by atoms with Gasteiger partial charge >= 0.3 is 0 Å². The molecule has 17 heavy (non-hydrogen) atoms. The lowest BCUT2D eigenvalue weighted by Gasteiger charge is -2.25. The van der Waals surface area contributed by atoms with E-state index in [-0.39, 0.29) is 11.6 Å². The molecule has 0 aliphatic rings. The lowest BCUT2D eigenvalue weighted by Crippen LogP contribution is -2.30. The van der Waals surface area contributed by atoms with Gasteiger partial charge in [-0.2, -0.15) is 0 Å². The lowest BCUT2D eigenvalue weighted by molar-refractivity contribution is -0.0146. The van der Waals surface area contributed by atoms with Gasteiger partial charge in [0.25, 0.3) is 0 Å². The van der Waals surface area contributed by atoms with Crippen LogP contribution in [-0.2, 0) is 4.74 Å². The standard InChI is InChI=1S/C15H25NO/c1-6-16-14(11-17-15(3,4)5)13-9-7-8-12(2)10-13/h7-10,14,16H,6,11H2,1-5H3. The third-order valence-corrected chi connectivity index (χ3v) is 2.58. The van der Waals surface area contributed by atoms with Crippen LogP contribution < -0.4 is 5.32 Å². The van der Waals surface area contributed by atoms with Crippen molar-refractivity contribution >= 4 is 0 Å². The van der Waals surface area contributed by atoms with Crippen molar-refractivity contribution in [3.8, 4) is 0 Å². The summed E-state index contributed by atoms with van der Waals surface area (Å²) >= 11 is 0. The van der Waals surface area contributed by atoms with Gasteiger partial charge in [0.1, 0.15) is 0 Å². The molecule has 1 N–H and O–H groups in total. The fraction of sp³-hybridized carbons (Fsp3) is 0.600. The SMILES string of the molecule is CCNC(COC(C)(C)C)c1cccc(C)c1. The second kappa shape index (κ2) is 6.18. The Labute approximate surface area is 105 Å². The second-order valence-electron chi connectivity index (χ2n) is 5.45. The van der Waals surface area contributed by atoms with E-state index in [0.29, 0.717) is 6.61 Å². The zero-order valence-corrected chi connectivity index (χ0v) is 11.7. The van der Waals surface area contributed by atoms with Crippen molar-refractivity contribution in [1.29, 1.82) is 0 Å². The van der Waals surface area contributed by atoms with Crippen LogP contribution in [0.4, 0.5) is 0 Å². The number of hydrogen-bond donors (Lipinski definition) is 1. The van der Waals surface area contributed by atoms with Gasteiger partial charge in [0.2, 0.25) is 0 Å². The highest BCUT2D eigenvalue weighted by Gasteiger charge is 2.16. The maximum Gasteiger partial charge on any atom is 0.0668 e. The molecule has 0 saturated heterocycles.